The van der Waals surface area contributed by atoms with Crippen LogP contribution in [0.15, 0.2) is 28.9 Å². The fraction of sp³-hybridized carbons (Fsp3) is 0.286. The zero-order valence-electron chi connectivity index (χ0n) is 11.9. The van der Waals surface area contributed by atoms with E-state index in [1.807, 2.05) is 25.2 Å². The molecule has 7 heteroatoms. The molecule has 0 radical (unpaired) electrons. The Kier molecular flexibility index (Phi) is 5.39. The van der Waals surface area contributed by atoms with Gasteiger partial charge < -0.3 is 14.8 Å². The normalized spacial score (nSPS) is 12.0. The Balaban J connectivity index is 2.50. The number of halogens is 2. The Hall–Kier alpha value is -1.37. The molecule has 0 saturated heterocycles. The fourth-order valence-corrected chi connectivity index (χ4v) is 2.90. The molecule has 0 fully saturated rings. The van der Waals surface area contributed by atoms with E-state index in [1.54, 1.807) is 13.3 Å². The van der Waals surface area contributed by atoms with Gasteiger partial charge in [-0.3, -0.25) is 0 Å². The molecule has 2 aromatic rings. The standard InChI is InChI=1S/C14H15BrClN3O2/c1-17-12(8-4-9(15)6-10(16)5-8)13-14(21-3)19-11(20-2)7-18-13/h4-7,12,17H,1-3H3. The van der Waals surface area contributed by atoms with Gasteiger partial charge in [0, 0.05) is 9.50 Å². The van der Waals surface area contributed by atoms with Crippen LogP contribution in [0.5, 0.6) is 11.8 Å². The van der Waals surface area contributed by atoms with Gasteiger partial charge in [-0.25, -0.2) is 4.98 Å². The van der Waals surface area contributed by atoms with Crippen LogP contribution in [0, 0.1) is 0 Å². The molecule has 112 valence electrons. The molecule has 21 heavy (non-hydrogen) atoms. The summed E-state index contributed by atoms with van der Waals surface area (Å²) in [6.07, 6.45) is 1.56. The Morgan fingerprint density at radius 1 is 1.24 bits per heavy atom. The number of methoxy groups -OCH3 is 2. The number of nitrogens with zero attached hydrogens (tertiary/aromatic N) is 2. The van der Waals surface area contributed by atoms with Gasteiger partial charge in [-0.15, -0.1) is 0 Å². The lowest BCUT2D eigenvalue weighted by molar-refractivity contribution is 0.353. The zero-order chi connectivity index (χ0) is 15.4. The average Bonchev–Trinajstić information content (AvgIpc) is 2.47. The second-order valence-electron chi connectivity index (χ2n) is 4.23. The van der Waals surface area contributed by atoms with E-state index < -0.39 is 0 Å². The van der Waals surface area contributed by atoms with Crippen molar-refractivity contribution in [1.82, 2.24) is 15.3 Å². The minimum Gasteiger partial charge on any atom is -0.480 e. The zero-order valence-corrected chi connectivity index (χ0v) is 14.2. The highest BCUT2D eigenvalue weighted by Gasteiger charge is 2.21. The second kappa shape index (κ2) is 7.06. The Morgan fingerprint density at radius 2 is 2.00 bits per heavy atom. The van der Waals surface area contributed by atoms with Crippen molar-refractivity contribution in [3.05, 3.63) is 45.1 Å². The van der Waals surface area contributed by atoms with Gasteiger partial charge in [0.1, 0.15) is 5.69 Å². The molecular formula is C14H15BrClN3O2. The molecule has 0 amide bonds. The fourth-order valence-electron chi connectivity index (χ4n) is 2.02. The van der Waals surface area contributed by atoms with Crippen molar-refractivity contribution in [2.45, 2.75) is 6.04 Å². The predicted molar refractivity (Wildman–Crippen MR) is 85.2 cm³/mol. The van der Waals surface area contributed by atoms with Crippen LogP contribution in [0.4, 0.5) is 0 Å². The second-order valence-corrected chi connectivity index (χ2v) is 5.58. The molecule has 1 aromatic heterocycles. The van der Waals surface area contributed by atoms with Crippen molar-refractivity contribution < 1.29 is 9.47 Å². The lowest BCUT2D eigenvalue weighted by Crippen LogP contribution is -2.20. The van der Waals surface area contributed by atoms with Crippen molar-refractivity contribution in [2.24, 2.45) is 0 Å². The summed E-state index contributed by atoms with van der Waals surface area (Å²) < 4.78 is 11.3. The molecule has 1 heterocycles. The number of benzene rings is 1. The number of aromatic nitrogens is 2. The Morgan fingerprint density at radius 3 is 2.57 bits per heavy atom. The van der Waals surface area contributed by atoms with Gasteiger partial charge in [-0.1, -0.05) is 27.5 Å². The molecule has 0 bridgehead atoms. The van der Waals surface area contributed by atoms with Crippen molar-refractivity contribution in [3.63, 3.8) is 0 Å². The minimum atomic E-state index is -0.201. The molecule has 1 aromatic carbocycles. The van der Waals surface area contributed by atoms with Crippen LogP contribution in [0.1, 0.15) is 17.3 Å². The Labute approximate surface area is 136 Å². The molecule has 1 unspecified atom stereocenters. The maximum Gasteiger partial charge on any atom is 0.240 e. The molecule has 0 saturated carbocycles. The number of nitrogens with one attached hydrogen (secondary N) is 1. The summed E-state index contributed by atoms with van der Waals surface area (Å²) in [6.45, 7) is 0. The summed E-state index contributed by atoms with van der Waals surface area (Å²) in [5.41, 5.74) is 1.62. The third kappa shape index (κ3) is 3.64. The van der Waals surface area contributed by atoms with Crippen molar-refractivity contribution in [2.75, 3.05) is 21.3 Å². The van der Waals surface area contributed by atoms with Crippen molar-refractivity contribution in [1.29, 1.82) is 0 Å². The first-order valence-electron chi connectivity index (χ1n) is 6.17. The lowest BCUT2D eigenvalue weighted by atomic mass is 10.0. The van der Waals surface area contributed by atoms with Gasteiger partial charge in [0.2, 0.25) is 11.8 Å². The van der Waals surface area contributed by atoms with Crippen LogP contribution >= 0.6 is 27.5 Å². The quantitative estimate of drug-likeness (QED) is 0.873. The van der Waals surface area contributed by atoms with Crippen LogP contribution < -0.4 is 14.8 Å². The van der Waals surface area contributed by atoms with Gasteiger partial charge in [0.05, 0.1) is 26.5 Å². The summed E-state index contributed by atoms with van der Waals surface area (Å²) in [5, 5.41) is 3.84. The smallest absolute Gasteiger partial charge is 0.240 e. The van der Waals surface area contributed by atoms with Crippen LogP contribution in [0.2, 0.25) is 5.02 Å². The third-order valence-corrected chi connectivity index (χ3v) is 3.60. The van der Waals surface area contributed by atoms with Crippen LogP contribution in [0.25, 0.3) is 0 Å². The SMILES string of the molecule is CNC(c1cc(Cl)cc(Br)c1)c1ncc(OC)nc1OC. The monoisotopic (exact) mass is 371 g/mol. The van der Waals surface area contributed by atoms with Gasteiger partial charge in [-0.05, 0) is 30.8 Å². The summed E-state index contributed by atoms with van der Waals surface area (Å²) in [5.74, 6) is 0.808. The molecular weight excluding hydrogens is 358 g/mol. The van der Waals surface area contributed by atoms with Gasteiger partial charge >= 0.3 is 0 Å². The molecule has 1 N–H and O–H groups in total. The largest absolute Gasteiger partial charge is 0.480 e. The number of ether oxygens (including phenoxy) is 2. The number of hydrogen-bond acceptors (Lipinski definition) is 5. The van der Waals surface area contributed by atoms with E-state index in [2.05, 4.69) is 31.2 Å². The lowest BCUT2D eigenvalue weighted by Gasteiger charge is -2.19. The Bertz CT molecular complexity index is 619. The van der Waals surface area contributed by atoms with Crippen LogP contribution in [-0.2, 0) is 0 Å². The molecule has 0 aliphatic heterocycles. The van der Waals surface area contributed by atoms with Gasteiger partial charge in [-0.2, -0.15) is 4.98 Å². The minimum absolute atomic E-state index is 0.201. The summed E-state index contributed by atoms with van der Waals surface area (Å²) in [7, 11) is 4.92. The molecule has 5 nitrogen and oxygen atoms in total. The maximum atomic E-state index is 6.11. The van der Waals surface area contributed by atoms with Crippen molar-refractivity contribution >= 4 is 27.5 Å². The summed E-state index contributed by atoms with van der Waals surface area (Å²) in [6, 6.07) is 5.47. The molecule has 0 aliphatic rings. The van der Waals surface area contributed by atoms with E-state index in [0.29, 0.717) is 22.5 Å². The highest BCUT2D eigenvalue weighted by Crippen LogP contribution is 2.31. The van der Waals surface area contributed by atoms with Gasteiger partial charge in [0.15, 0.2) is 0 Å². The highest BCUT2D eigenvalue weighted by molar-refractivity contribution is 9.10. The first-order chi connectivity index (χ1) is 10.1. The van der Waals surface area contributed by atoms with E-state index >= 15 is 0 Å². The summed E-state index contributed by atoms with van der Waals surface area (Å²) >= 11 is 9.56. The van der Waals surface area contributed by atoms with E-state index in [-0.39, 0.29) is 6.04 Å². The molecule has 0 spiro atoms. The van der Waals surface area contributed by atoms with Gasteiger partial charge in [0.25, 0.3) is 0 Å². The van der Waals surface area contributed by atoms with Crippen LogP contribution in [-0.4, -0.2) is 31.2 Å². The third-order valence-electron chi connectivity index (χ3n) is 2.93. The first-order valence-corrected chi connectivity index (χ1v) is 7.34. The predicted octanol–water partition coefficient (Wildman–Crippen LogP) is 3.22. The number of hydrogen-bond donors (Lipinski definition) is 1. The van der Waals surface area contributed by atoms with E-state index in [1.165, 1.54) is 7.11 Å². The molecule has 0 aliphatic carbocycles. The number of rotatable bonds is 5. The first kappa shape index (κ1) is 16.0. The highest BCUT2D eigenvalue weighted by atomic mass is 79.9. The summed E-state index contributed by atoms with van der Waals surface area (Å²) in [4.78, 5) is 8.65. The van der Waals surface area contributed by atoms with E-state index in [9.17, 15) is 0 Å². The molecule has 1 atom stereocenters. The topological polar surface area (TPSA) is 56.3 Å². The average molecular weight is 373 g/mol. The maximum absolute atomic E-state index is 6.11. The van der Waals surface area contributed by atoms with Crippen LogP contribution in [0.3, 0.4) is 0 Å². The molecule has 2 rings (SSSR count). The van der Waals surface area contributed by atoms with Crippen molar-refractivity contribution in [3.8, 4) is 11.8 Å². The van der Waals surface area contributed by atoms with E-state index in [0.717, 1.165) is 10.0 Å². The van der Waals surface area contributed by atoms with E-state index in [4.69, 9.17) is 21.1 Å².